The van der Waals surface area contributed by atoms with Crippen molar-refractivity contribution in [2.45, 2.75) is 34.2 Å². The van der Waals surface area contributed by atoms with Gasteiger partial charge in [0.25, 0.3) is 0 Å². The summed E-state index contributed by atoms with van der Waals surface area (Å²) in [5.41, 5.74) is 5.33. The molecule has 0 bridgehead atoms. The number of imidazole rings is 1. The maximum Gasteiger partial charge on any atom is 0.677 e. The highest BCUT2D eigenvalue weighted by Gasteiger charge is 2.28. The summed E-state index contributed by atoms with van der Waals surface area (Å²) in [6, 6.07) is 1.79. The van der Waals surface area contributed by atoms with Crippen molar-refractivity contribution in [2.75, 3.05) is 0 Å². The zero-order valence-corrected chi connectivity index (χ0v) is 14.2. The Balaban J connectivity index is 2.25. The third-order valence-corrected chi connectivity index (χ3v) is 4.17. The minimum atomic E-state index is -2.59. The number of aromatic nitrogens is 3. The summed E-state index contributed by atoms with van der Waals surface area (Å²) in [6.07, 6.45) is 7.16. The van der Waals surface area contributed by atoms with E-state index in [2.05, 4.69) is 9.98 Å². The highest BCUT2D eigenvalue weighted by Crippen LogP contribution is 2.33. The van der Waals surface area contributed by atoms with Gasteiger partial charge in [-0.25, -0.2) is 4.98 Å². The van der Waals surface area contributed by atoms with Gasteiger partial charge < -0.3 is 9.05 Å². The first-order valence-corrected chi connectivity index (χ1v) is 7.78. The number of halogens is 2. The van der Waals surface area contributed by atoms with Crippen LogP contribution in [0.5, 0.6) is 0 Å². The van der Waals surface area contributed by atoms with Crippen molar-refractivity contribution in [2.24, 2.45) is 4.99 Å². The van der Waals surface area contributed by atoms with E-state index in [1.807, 2.05) is 37.6 Å². The van der Waals surface area contributed by atoms with Crippen molar-refractivity contribution in [3.05, 3.63) is 59.1 Å². The molecule has 24 heavy (non-hydrogen) atoms. The lowest BCUT2D eigenvalue weighted by Crippen LogP contribution is -2.19. The van der Waals surface area contributed by atoms with Crippen LogP contribution in [0.15, 0.2) is 47.1 Å². The highest BCUT2D eigenvalue weighted by atomic mass is 19.2. The third-order valence-electron chi connectivity index (χ3n) is 4.17. The number of aryl methyl sites for hydroxylation is 2. The number of hydrogen-bond acceptors (Lipinski definition) is 2. The molecule has 0 aliphatic carbocycles. The van der Waals surface area contributed by atoms with Crippen LogP contribution in [0.3, 0.4) is 0 Å². The molecule has 0 spiro atoms. The molecule has 3 rings (SSSR count). The van der Waals surface area contributed by atoms with Gasteiger partial charge in [0.1, 0.15) is 0 Å². The second kappa shape index (κ2) is 6.22. The van der Waals surface area contributed by atoms with Crippen LogP contribution in [0.2, 0.25) is 0 Å². The molecular formula is C17H19BF2N4. The zero-order chi connectivity index (χ0) is 17.4. The fourth-order valence-electron chi connectivity index (χ4n) is 3.26. The molecule has 7 heteroatoms. The molecule has 3 heterocycles. The van der Waals surface area contributed by atoms with E-state index in [0.29, 0.717) is 17.9 Å². The van der Waals surface area contributed by atoms with Crippen molar-refractivity contribution in [3.63, 3.8) is 0 Å². The standard InChI is InChI=1S/C17H19BF2N4/c1-11-7-13(3)22-16(11)15(9-23-6-5-21-10-23)17-12(2)8-14(4)24(17)18(19)20/h5-8,10H,9H2,1-4H3/b16-15+. The summed E-state index contributed by atoms with van der Waals surface area (Å²) < 4.78 is 30.3. The van der Waals surface area contributed by atoms with Crippen molar-refractivity contribution < 1.29 is 8.63 Å². The van der Waals surface area contributed by atoms with Gasteiger partial charge in [0.15, 0.2) is 0 Å². The molecule has 0 unspecified atom stereocenters. The fourth-order valence-corrected chi connectivity index (χ4v) is 3.26. The van der Waals surface area contributed by atoms with Crippen molar-refractivity contribution in [3.8, 4) is 0 Å². The monoisotopic (exact) mass is 328 g/mol. The average molecular weight is 328 g/mol. The first-order valence-electron chi connectivity index (χ1n) is 7.78. The maximum absolute atomic E-state index is 13.7. The van der Waals surface area contributed by atoms with Crippen LogP contribution >= 0.6 is 0 Å². The molecule has 2 aromatic heterocycles. The molecule has 0 amide bonds. The van der Waals surface area contributed by atoms with E-state index in [1.54, 1.807) is 25.5 Å². The summed E-state index contributed by atoms with van der Waals surface area (Å²) in [7, 11) is -2.59. The number of aliphatic imine (C=N–C) groups is 1. The Labute approximate surface area is 140 Å². The highest BCUT2D eigenvalue weighted by molar-refractivity contribution is 6.41. The number of hydrogen-bond donors (Lipinski definition) is 0. The SMILES string of the molecule is CC1=CC(C)=N/C1=C(\Cn1ccnc1)c1c(C)cc(C)n1B(F)F. The molecule has 0 saturated carbocycles. The first-order chi connectivity index (χ1) is 11.4. The van der Waals surface area contributed by atoms with Crippen molar-refractivity contribution in [1.82, 2.24) is 14.0 Å². The van der Waals surface area contributed by atoms with Gasteiger partial charge in [0.05, 0.1) is 18.6 Å². The van der Waals surface area contributed by atoms with Crippen LogP contribution in [0.25, 0.3) is 5.57 Å². The summed E-state index contributed by atoms with van der Waals surface area (Å²) >= 11 is 0. The summed E-state index contributed by atoms with van der Waals surface area (Å²) in [4.78, 5) is 8.64. The van der Waals surface area contributed by atoms with Crippen LogP contribution in [0.1, 0.15) is 30.8 Å². The molecule has 0 N–H and O–H groups in total. The van der Waals surface area contributed by atoms with Gasteiger partial charge in [0.2, 0.25) is 0 Å². The Morgan fingerprint density at radius 3 is 2.50 bits per heavy atom. The van der Waals surface area contributed by atoms with E-state index in [1.165, 1.54) is 0 Å². The van der Waals surface area contributed by atoms with Gasteiger partial charge >= 0.3 is 7.40 Å². The summed E-state index contributed by atoms with van der Waals surface area (Å²) in [5.74, 6) is 0. The lowest BCUT2D eigenvalue weighted by Gasteiger charge is -2.16. The number of nitrogens with zero attached hydrogens (tertiary/aromatic N) is 4. The molecule has 0 fully saturated rings. The average Bonchev–Trinajstić information content (AvgIpc) is 3.17. The van der Waals surface area contributed by atoms with Crippen molar-refractivity contribution >= 4 is 18.7 Å². The minimum absolute atomic E-state index is 0.439. The van der Waals surface area contributed by atoms with Crippen LogP contribution in [0.4, 0.5) is 8.63 Å². The third kappa shape index (κ3) is 2.86. The smallest absolute Gasteiger partial charge is 0.333 e. The van der Waals surface area contributed by atoms with E-state index >= 15 is 0 Å². The van der Waals surface area contributed by atoms with Gasteiger partial charge in [-0.1, -0.05) is 0 Å². The van der Waals surface area contributed by atoms with E-state index in [9.17, 15) is 8.63 Å². The predicted molar refractivity (Wildman–Crippen MR) is 93.3 cm³/mol. The van der Waals surface area contributed by atoms with Gasteiger partial charge in [-0.15, -0.1) is 0 Å². The summed E-state index contributed by atoms with van der Waals surface area (Å²) in [5, 5.41) is 0. The Morgan fingerprint density at radius 1 is 1.21 bits per heavy atom. The quantitative estimate of drug-likeness (QED) is 0.784. The van der Waals surface area contributed by atoms with E-state index in [0.717, 1.165) is 32.6 Å². The normalized spacial score (nSPS) is 16.2. The van der Waals surface area contributed by atoms with Gasteiger partial charge in [-0.2, -0.15) is 0 Å². The van der Waals surface area contributed by atoms with Crippen LogP contribution in [-0.4, -0.2) is 27.1 Å². The molecule has 124 valence electrons. The second-order valence-corrected chi connectivity index (χ2v) is 6.11. The topological polar surface area (TPSA) is 35.1 Å². The van der Waals surface area contributed by atoms with Crippen LogP contribution < -0.4 is 0 Å². The van der Waals surface area contributed by atoms with E-state index in [4.69, 9.17) is 0 Å². The molecule has 0 radical (unpaired) electrons. The molecule has 0 aromatic carbocycles. The molecule has 0 atom stereocenters. The number of rotatable bonds is 4. The van der Waals surface area contributed by atoms with Gasteiger partial charge in [0, 0.05) is 35.1 Å². The Morgan fingerprint density at radius 2 is 1.96 bits per heavy atom. The molecule has 2 aromatic rings. The lowest BCUT2D eigenvalue weighted by atomic mass is 10.0. The summed E-state index contributed by atoms with van der Waals surface area (Å²) in [6.45, 7) is 7.87. The minimum Gasteiger partial charge on any atom is -0.333 e. The predicted octanol–water partition coefficient (Wildman–Crippen LogP) is 3.91. The first kappa shape index (κ1) is 16.4. The largest absolute Gasteiger partial charge is 0.677 e. The molecular weight excluding hydrogens is 309 g/mol. The van der Waals surface area contributed by atoms with Crippen LogP contribution in [0, 0.1) is 13.8 Å². The fraction of sp³-hybridized carbons (Fsp3) is 0.294. The molecule has 1 aliphatic rings. The lowest BCUT2D eigenvalue weighted by molar-refractivity contribution is 0.622. The van der Waals surface area contributed by atoms with E-state index in [-0.39, 0.29) is 0 Å². The van der Waals surface area contributed by atoms with Crippen LogP contribution in [-0.2, 0) is 6.54 Å². The van der Waals surface area contributed by atoms with Gasteiger partial charge in [-0.05, 0) is 51.0 Å². The second-order valence-electron chi connectivity index (χ2n) is 6.11. The molecule has 0 saturated heterocycles. The maximum atomic E-state index is 13.7. The van der Waals surface area contributed by atoms with Gasteiger partial charge in [-0.3, -0.25) is 13.6 Å². The molecule has 1 aliphatic heterocycles. The van der Waals surface area contributed by atoms with E-state index < -0.39 is 7.40 Å². The Kier molecular flexibility index (Phi) is 4.26. The Hall–Kier alpha value is -2.44. The Bertz CT molecular complexity index is 858. The zero-order valence-electron chi connectivity index (χ0n) is 14.2. The molecule has 4 nitrogen and oxygen atoms in total. The van der Waals surface area contributed by atoms with Crippen molar-refractivity contribution in [1.29, 1.82) is 0 Å². The number of allylic oxidation sites excluding steroid dienone is 3.